The van der Waals surface area contributed by atoms with Gasteiger partial charge >= 0.3 is 0 Å². The maximum Gasteiger partial charge on any atom is 0.126 e. The molecule has 0 saturated carbocycles. The molecular formula is C16H17BrFN. The van der Waals surface area contributed by atoms with E-state index < -0.39 is 0 Å². The third kappa shape index (κ3) is 3.23. The van der Waals surface area contributed by atoms with Crippen LogP contribution in [0.25, 0.3) is 0 Å². The summed E-state index contributed by atoms with van der Waals surface area (Å²) in [6, 6.07) is 11.6. The van der Waals surface area contributed by atoms with Gasteiger partial charge in [-0.15, -0.1) is 0 Å². The Labute approximate surface area is 122 Å². The standard InChI is InChI=1S/C16H17BrFN/c1-10-6-13(8-14(17)7-10)16(19-3)12-5-4-11(2)15(18)9-12/h4-9,16,19H,1-3H3. The predicted octanol–water partition coefficient (Wildman–Crippen LogP) is 4.51. The van der Waals surface area contributed by atoms with Gasteiger partial charge in [-0.25, -0.2) is 4.39 Å². The molecule has 2 rings (SSSR count). The lowest BCUT2D eigenvalue weighted by Gasteiger charge is -2.18. The Kier molecular flexibility index (Phi) is 4.38. The molecule has 0 aliphatic heterocycles. The molecule has 1 nitrogen and oxygen atoms in total. The van der Waals surface area contributed by atoms with E-state index in [-0.39, 0.29) is 11.9 Å². The molecule has 0 radical (unpaired) electrons. The largest absolute Gasteiger partial charge is 0.309 e. The molecule has 19 heavy (non-hydrogen) atoms. The molecule has 1 N–H and O–H groups in total. The summed E-state index contributed by atoms with van der Waals surface area (Å²) in [5.41, 5.74) is 3.90. The van der Waals surface area contributed by atoms with E-state index >= 15 is 0 Å². The summed E-state index contributed by atoms with van der Waals surface area (Å²) in [6.07, 6.45) is 0. The molecule has 0 aromatic heterocycles. The van der Waals surface area contributed by atoms with Gasteiger partial charge in [-0.3, -0.25) is 0 Å². The topological polar surface area (TPSA) is 12.0 Å². The molecule has 3 heteroatoms. The van der Waals surface area contributed by atoms with Crippen molar-refractivity contribution in [3.63, 3.8) is 0 Å². The van der Waals surface area contributed by atoms with Gasteiger partial charge in [-0.05, 0) is 61.3 Å². The molecule has 0 heterocycles. The van der Waals surface area contributed by atoms with Crippen LogP contribution in [0.1, 0.15) is 28.3 Å². The number of halogens is 2. The highest BCUT2D eigenvalue weighted by atomic mass is 79.9. The Morgan fingerprint density at radius 3 is 2.37 bits per heavy atom. The van der Waals surface area contributed by atoms with Crippen LogP contribution in [0.5, 0.6) is 0 Å². The third-order valence-electron chi connectivity index (χ3n) is 3.22. The van der Waals surface area contributed by atoms with E-state index in [9.17, 15) is 4.39 Å². The lowest BCUT2D eigenvalue weighted by atomic mass is 9.96. The highest BCUT2D eigenvalue weighted by Gasteiger charge is 2.14. The molecule has 100 valence electrons. The van der Waals surface area contributed by atoms with Crippen molar-refractivity contribution in [3.8, 4) is 0 Å². The van der Waals surface area contributed by atoms with Gasteiger partial charge in [0.05, 0.1) is 6.04 Å². The maximum absolute atomic E-state index is 13.7. The van der Waals surface area contributed by atoms with E-state index in [2.05, 4.69) is 46.4 Å². The second kappa shape index (κ2) is 5.85. The smallest absolute Gasteiger partial charge is 0.126 e. The lowest BCUT2D eigenvalue weighted by Crippen LogP contribution is -2.18. The summed E-state index contributed by atoms with van der Waals surface area (Å²) < 4.78 is 14.8. The normalized spacial score (nSPS) is 12.5. The molecule has 0 spiro atoms. The van der Waals surface area contributed by atoms with E-state index in [4.69, 9.17) is 0 Å². The SMILES string of the molecule is CNC(c1cc(C)cc(Br)c1)c1ccc(C)c(F)c1. The number of hydrogen-bond donors (Lipinski definition) is 1. The first-order valence-electron chi connectivity index (χ1n) is 6.21. The van der Waals surface area contributed by atoms with Gasteiger partial charge in [0.2, 0.25) is 0 Å². The summed E-state index contributed by atoms with van der Waals surface area (Å²) in [5, 5.41) is 3.25. The molecule has 0 fully saturated rings. The minimum absolute atomic E-state index is 0.00806. The van der Waals surface area contributed by atoms with Crippen molar-refractivity contribution in [3.05, 3.63) is 68.9 Å². The fourth-order valence-corrected chi connectivity index (χ4v) is 2.87. The molecular weight excluding hydrogens is 305 g/mol. The Morgan fingerprint density at radius 2 is 1.79 bits per heavy atom. The van der Waals surface area contributed by atoms with Crippen LogP contribution in [0, 0.1) is 19.7 Å². The van der Waals surface area contributed by atoms with Crippen LogP contribution in [0.15, 0.2) is 40.9 Å². The molecule has 1 atom stereocenters. The Bertz CT molecular complexity index is 575. The van der Waals surface area contributed by atoms with Crippen LogP contribution in [-0.2, 0) is 0 Å². The first-order chi connectivity index (χ1) is 9.01. The van der Waals surface area contributed by atoms with Gasteiger partial charge in [0, 0.05) is 4.47 Å². The van der Waals surface area contributed by atoms with Gasteiger partial charge < -0.3 is 5.32 Å². The van der Waals surface area contributed by atoms with Crippen molar-refractivity contribution in [2.45, 2.75) is 19.9 Å². The third-order valence-corrected chi connectivity index (χ3v) is 3.67. The van der Waals surface area contributed by atoms with E-state index in [1.807, 2.05) is 19.2 Å². The second-order valence-electron chi connectivity index (χ2n) is 4.79. The number of benzene rings is 2. The molecule has 0 amide bonds. The van der Waals surface area contributed by atoms with Crippen LogP contribution >= 0.6 is 15.9 Å². The zero-order valence-corrected chi connectivity index (χ0v) is 12.9. The van der Waals surface area contributed by atoms with Gasteiger partial charge in [0.1, 0.15) is 5.82 Å². The van der Waals surface area contributed by atoms with Gasteiger partial charge in [0.25, 0.3) is 0 Å². The van der Waals surface area contributed by atoms with Crippen LogP contribution in [0.4, 0.5) is 4.39 Å². The molecule has 0 saturated heterocycles. The summed E-state index contributed by atoms with van der Waals surface area (Å²) in [5.74, 6) is -0.163. The zero-order valence-electron chi connectivity index (χ0n) is 11.3. The van der Waals surface area contributed by atoms with E-state index in [0.29, 0.717) is 5.56 Å². The number of aryl methyl sites for hydroxylation is 2. The van der Waals surface area contributed by atoms with Gasteiger partial charge in [-0.1, -0.05) is 34.1 Å². The fourth-order valence-electron chi connectivity index (χ4n) is 2.25. The van der Waals surface area contributed by atoms with Crippen LogP contribution < -0.4 is 5.32 Å². The van der Waals surface area contributed by atoms with Crippen molar-refractivity contribution in [2.75, 3.05) is 7.05 Å². The van der Waals surface area contributed by atoms with E-state index in [1.165, 1.54) is 5.56 Å². The lowest BCUT2D eigenvalue weighted by molar-refractivity contribution is 0.608. The number of hydrogen-bond acceptors (Lipinski definition) is 1. The Hall–Kier alpha value is -1.19. The van der Waals surface area contributed by atoms with Crippen LogP contribution in [-0.4, -0.2) is 7.05 Å². The molecule has 1 unspecified atom stereocenters. The van der Waals surface area contributed by atoms with Crippen LogP contribution in [0.2, 0.25) is 0 Å². The first-order valence-corrected chi connectivity index (χ1v) is 7.01. The molecule has 0 bridgehead atoms. The number of nitrogens with one attached hydrogen (secondary N) is 1. The minimum Gasteiger partial charge on any atom is -0.309 e. The monoisotopic (exact) mass is 321 g/mol. The van der Waals surface area contributed by atoms with Gasteiger partial charge in [-0.2, -0.15) is 0 Å². The quantitative estimate of drug-likeness (QED) is 0.876. The van der Waals surface area contributed by atoms with Crippen molar-refractivity contribution >= 4 is 15.9 Å². The fraction of sp³-hybridized carbons (Fsp3) is 0.250. The van der Waals surface area contributed by atoms with E-state index in [1.54, 1.807) is 13.0 Å². The molecule has 2 aromatic rings. The van der Waals surface area contributed by atoms with Gasteiger partial charge in [0.15, 0.2) is 0 Å². The molecule has 0 aliphatic carbocycles. The first kappa shape index (κ1) is 14.2. The van der Waals surface area contributed by atoms with Crippen LogP contribution in [0.3, 0.4) is 0 Å². The summed E-state index contributed by atoms with van der Waals surface area (Å²) in [6.45, 7) is 3.83. The minimum atomic E-state index is -0.163. The average molecular weight is 322 g/mol. The van der Waals surface area contributed by atoms with Crippen molar-refractivity contribution in [1.29, 1.82) is 0 Å². The van der Waals surface area contributed by atoms with Crippen molar-refractivity contribution in [1.82, 2.24) is 5.32 Å². The summed E-state index contributed by atoms with van der Waals surface area (Å²) in [7, 11) is 1.89. The van der Waals surface area contributed by atoms with E-state index in [0.717, 1.165) is 15.6 Å². The zero-order chi connectivity index (χ0) is 14.0. The number of rotatable bonds is 3. The average Bonchev–Trinajstić information content (AvgIpc) is 2.33. The second-order valence-corrected chi connectivity index (χ2v) is 5.71. The highest BCUT2D eigenvalue weighted by Crippen LogP contribution is 2.26. The predicted molar refractivity (Wildman–Crippen MR) is 80.9 cm³/mol. The van der Waals surface area contributed by atoms with Crippen molar-refractivity contribution < 1.29 is 4.39 Å². The molecule has 2 aromatic carbocycles. The molecule has 0 aliphatic rings. The summed E-state index contributed by atoms with van der Waals surface area (Å²) in [4.78, 5) is 0. The Morgan fingerprint density at radius 1 is 1.05 bits per heavy atom. The summed E-state index contributed by atoms with van der Waals surface area (Å²) >= 11 is 3.51. The highest BCUT2D eigenvalue weighted by molar-refractivity contribution is 9.10. The van der Waals surface area contributed by atoms with Crippen molar-refractivity contribution in [2.24, 2.45) is 0 Å². The maximum atomic E-state index is 13.7. The Balaban J connectivity index is 2.46.